The number of hydrogen-bond donors (Lipinski definition) is 0. The van der Waals surface area contributed by atoms with Gasteiger partial charge in [-0.3, -0.25) is 9.69 Å². The molecular formula is C22H29N3O3S. The molecule has 2 aromatic rings. The summed E-state index contributed by atoms with van der Waals surface area (Å²) in [6.45, 7) is 5.31. The fourth-order valence-corrected chi connectivity index (χ4v) is 5.02. The lowest BCUT2D eigenvalue weighted by Crippen LogP contribution is -2.37. The van der Waals surface area contributed by atoms with Crippen molar-refractivity contribution in [1.82, 2.24) is 14.8 Å². The Bertz CT molecular complexity index is 827. The van der Waals surface area contributed by atoms with E-state index in [-0.39, 0.29) is 18.1 Å². The molecular weight excluding hydrogens is 386 g/mol. The summed E-state index contributed by atoms with van der Waals surface area (Å²) >= 11 is 1.65. The summed E-state index contributed by atoms with van der Waals surface area (Å²) in [7, 11) is 1.68. The number of rotatable bonds is 6. The third kappa shape index (κ3) is 4.56. The number of benzene rings is 1. The maximum atomic E-state index is 13.0. The number of carbonyl (C=O) groups is 1. The second-order valence-electron chi connectivity index (χ2n) is 7.72. The van der Waals surface area contributed by atoms with Gasteiger partial charge in [0, 0.05) is 49.7 Å². The molecule has 1 aromatic heterocycles. The van der Waals surface area contributed by atoms with Gasteiger partial charge in [0.05, 0.1) is 13.2 Å². The van der Waals surface area contributed by atoms with Crippen LogP contribution >= 0.6 is 11.3 Å². The van der Waals surface area contributed by atoms with E-state index in [1.165, 1.54) is 0 Å². The molecule has 2 aliphatic rings. The molecule has 2 aliphatic heterocycles. The van der Waals surface area contributed by atoms with Gasteiger partial charge < -0.3 is 14.4 Å². The molecule has 0 bridgehead atoms. The molecule has 6 nitrogen and oxygen atoms in total. The largest absolute Gasteiger partial charge is 0.497 e. The highest BCUT2D eigenvalue weighted by Crippen LogP contribution is 2.34. The van der Waals surface area contributed by atoms with Crippen LogP contribution in [0, 0.1) is 0 Å². The Morgan fingerprint density at radius 2 is 2.31 bits per heavy atom. The number of thiazole rings is 1. The zero-order valence-electron chi connectivity index (χ0n) is 17.2. The highest BCUT2D eigenvalue weighted by atomic mass is 32.1. The number of aromatic nitrogens is 1. The van der Waals surface area contributed by atoms with Crippen molar-refractivity contribution in [3.8, 4) is 11.5 Å². The van der Waals surface area contributed by atoms with Crippen molar-refractivity contribution in [3.05, 3.63) is 40.3 Å². The summed E-state index contributed by atoms with van der Waals surface area (Å²) in [5.74, 6) is 1.99. The minimum Gasteiger partial charge on any atom is -0.497 e. The van der Waals surface area contributed by atoms with Crippen LogP contribution in [0.1, 0.15) is 49.2 Å². The first-order valence-corrected chi connectivity index (χ1v) is 11.3. The molecule has 2 atom stereocenters. The van der Waals surface area contributed by atoms with Crippen LogP contribution in [-0.2, 0) is 11.3 Å². The monoisotopic (exact) mass is 415 g/mol. The van der Waals surface area contributed by atoms with E-state index in [4.69, 9.17) is 9.47 Å². The van der Waals surface area contributed by atoms with Crippen molar-refractivity contribution in [2.24, 2.45) is 0 Å². The van der Waals surface area contributed by atoms with E-state index < -0.39 is 0 Å². The van der Waals surface area contributed by atoms with Crippen LogP contribution in [0.3, 0.4) is 0 Å². The number of methoxy groups -OCH3 is 1. The Morgan fingerprint density at radius 3 is 3.07 bits per heavy atom. The van der Waals surface area contributed by atoms with Crippen molar-refractivity contribution >= 4 is 17.2 Å². The molecule has 0 spiro atoms. The predicted molar refractivity (Wildman–Crippen MR) is 113 cm³/mol. The van der Waals surface area contributed by atoms with Crippen molar-refractivity contribution in [1.29, 1.82) is 0 Å². The predicted octanol–water partition coefficient (Wildman–Crippen LogP) is 3.88. The van der Waals surface area contributed by atoms with Crippen LogP contribution in [0.4, 0.5) is 0 Å². The average Bonchev–Trinajstić information content (AvgIpc) is 3.40. The molecule has 1 amide bonds. The summed E-state index contributed by atoms with van der Waals surface area (Å²) in [6, 6.07) is 6.13. The van der Waals surface area contributed by atoms with Gasteiger partial charge in [-0.2, -0.15) is 0 Å². The molecule has 0 radical (unpaired) electrons. The fraction of sp³-hybridized carbons (Fsp3) is 0.545. The van der Waals surface area contributed by atoms with Crippen molar-refractivity contribution in [3.63, 3.8) is 0 Å². The molecule has 3 heterocycles. The molecule has 0 saturated carbocycles. The molecule has 0 aliphatic carbocycles. The van der Waals surface area contributed by atoms with E-state index in [2.05, 4.69) is 16.8 Å². The van der Waals surface area contributed by atoms with Crippen LogP contribution in [0.25, 0.3) is 0 Å². The van der Waals surface area contributed by atoms with E-state index in [0.29, 0.717) is 6.42 Å². The number of ether oxygens (including phenoxy) is 2. The second kappa shape index (κ2) is 9.13. The van der Waals surface area contributed by atoms with Crippen LogP contribution < -0.4 is 9.47 Å². The smallest absolute Gasteiger partial charge is 0.224 e. The first-order chi connectivity index (χ1) is 14.2. The quantitative estimate of drug-likeness (QED) is 0.717. The second-order valence-corrected chi connectivity index (χ2v) is 8.65. The van der Waals surface area contributed by atoms with Gasteiger partial charge in [-0.15, -0.1) is 11.3 Å². The van der Waals surface area contributed by atoms with Crippen LogP contribution in [0.15, 0.2) is 29.8 Å². The molecule has 4 rings (SSSR count). The normalized spacial score (nSPS) is 22.1. The molecule has 1 fully saturated rings. The lowest BCUT2D eigenvalue weighted by molar-refractivity contribution is -0.132. The van der Waals surface area contributed by atoms with E-state index in [9.17, 15) is 4.79 Å². The van der Waals surface area contributed by atoms with Gasteiger partial charge in [-0.1, -0.05) is 6.92 Å². The van der Waals surface area contributed by atoms with E-state index in [1.54, 1.807) is 18.4 Å². The fourth-order valence-electron chi connectivity index (χ4n) is 4.23. The Balaban J connectivity index is 1.42. The summed E-state index contributed by atoms with van der Waals surface area (Å²) in [5, 5.41) is 3.05. The van der Waals surface area contributed by atoms with E-state index in [1.807, 2.05) is 34.7 Å². The van der Waals surface area contributed by atoms with Crippen molar-refractivity contribution in [2.75, 3.05) is 26.7 Å². The molecule has 0 N–H and O–H groups in total. The third-order valence-corrected chi connectivity index (χ3v) is 6.70. The van der Waals surface area contributed by atoms with E-state index >= 15 is 0 Å². The van der Waals surface area contributed by atoms with Gasteiger partial charge in [0.15, 0.2) is 0 Å². The van der Waals surface area contributed by atoms with Crippen molar-refractivity contribution < 1.29 is 14.3 Å². The number of fused-ring (bicyclic) bond motifs is 1. The Labute approximate surface area is 176 Å². The van der Waals surface area contributed by atoms with Crippen LogP contribution in [-0.4, -0.2) is 53.5 Å². The maximum Gasteiger partial charge on any atom is 0.224 e. The Hall–Kier alpha value is -2.12. The molecule has 0 unspecified atom stereocenters. The number of carbonyl (C=O) groups excluding carboxylic acids is 1. The van der Waals surface area contributed by atoms with Gasteiger partial charge in [0.25, 0.3) is 0 Å². The highest BCUT2D eigenvalue weighted by molar-refractivity contribution is 7.09. The van der Waals surface area contributed by atoms with Crippen LogP contribution in [0.5, 0.6) is 11.5 Å². The van der Waals surface area contributed by atoms with Gasteiger partial charge in [-0.25, -0.2) is 4.98 Å². The maximum absolute atomic E-state index is 13.0. The lowest BCUT2D eigenvalue weighted by atomic mass is 10.1. The number of amides is 1. The first-order valence-electron chi connectivity index (χ1n) is 10.4. The minimum atomic E-state index is 0.134. The number of nitrogens with zero attached hydrogens (tertiary/aromatic N) is 3. The van der Waals surface area contributed by atoms with Crippen LogP contribution in [0.2, 0.25) is 0 Å². The Morgan fingerprint density at radius 1 is 1.41 bits per heavy atom. The average molecular weight is 416 g/mol. The molecule has 156 valence electrons. The van der Waals surface area contributed by atoms with Crippen molar-refractivity contribution in [2.45, 2.75) is 51.3 Å². The summed E-state index contributed by atoms with van der Waals surface area (Å²) in [5.41, 5.74) is 1.12. The highest BCUT2D eigenvalue weighted by Gasteiger charge is 2.32. The topological polar surface area (TPSA) is 54.9 Å². The zero-order valence-corrected chi connectivity index (χ0v) is 18.0. The van der Waals surface area contributed by atoms with Gasteiger partial charge in [-0.05, 0) is 37.5 Å². The Kier molecular flexibility index (Phi) is 6.35. The number of hydrogen-bond acceptors (Lipinski definition) is 6. The molecule has 29 heavy (non-hydrogen) atoms. The standard InChI is InChI=1S/C22H29N3O3S/c1-3-17-15-24(14-16-13-18(27-2)6-7-20(16)28-17)11-8-21(26)25-10-4-5-19(25)22-23-9-12-29-22/h6-7,9,12-13,17,19H,3-5,8,10-11,14-15H2,1-2H3/t17-,19-/m1/s1. The minimum absolute atomic E-state index is 0.134. The van der Waals surface area contributed by atoms with Gasteiger partial charge >= 0.3 is 0 Å². The lowest BCUT2D eigenvalue weighted by Gasteiger charge is -2.26. The van der Waals surface area contributed by atoms with Gasteiger partial charge in [0.1, 0.15) is 22.6 Å². The number of likely N-dealkylation sites (tertiary alicyclic amines) is 1. The molecule has 1 aromatic carbocycles. The SMILES string of the molecule is CC[C@@H]1CN(CCC(=O)N2CCC[C@@H]2c2nccs2)Cc2cc(OC)ccc2O1. The summed E-state index contributed by atoms with van der Waals surface area (Å²) in [6.07, 6.45) is 5.50. The summed E-state index contributed by atoms with van der Waals surface area (Å²) in [4.78, 5) is 21.8. The first kappa shape index (κ1) is 20.2. The third-order valence-electron chi connectivity index (χ3n) is 5.82. The van der Waals surface area contributed by atoms with Gasteiger partial charge in [0.2, 0.25) is 5.91 Å². The molecule has 7 heteroatoms. The van der Waals surface area contributed by atoms with E-state index in [0.717, 1.165) is 67.5 Å². The zero-order chi connectivity index (χ0) is 20.2. The summed E-state index contributed by atoms with van der Waals surface area (Å²) < 4.78 is 11.6. The molecule has 1 saturated heterocycles.